The van der Waals surface area contributed by atoms with Gasteiger partial charge >= 0.3 is 0 Å². The van der Waals surface area contributed by atoms with Gasteiger partial charge in [0, 0.05) is 23.2 Å². The lowest BCUT2D eigenvalue weighted by atomic mass is 10.1. The summed E-state index contributed by atoms with van der Waals surface area (Å²) in [6, 6.07) is 11.4. The third-order valence-electron chi connectivity index (χ3n) is 4.45. The van der Waals surface area contributed by atoms with Gasteiger partial charge in [-0.15, -0.1) is 0 Å². The molecule has 0 radical (unpaired) electrons. The Morgan fingerprint density at radius 1 is 1.26 bits per heavy atom. The highest BCUT2D eigenvalue weighted by molar-refractivity contribution is 5.37. The summed E-state index contributed by atoms with van der Waals surface area (Å²) in [5.74, 6) is 8.04. The van der Waals surface area contributed by atoms with Crippen LogP contribution in [0.5, 0.6) is 5.75 Å². The van der Waals surface area contributed by atoms with Crippen molar-refractivity contribution in [2.45, 2.75) is 32.9 Å². The zero-order chi connectivity index (χ0) is 18.6. The molecule has 1 fully saturated rings. The minimum Gasteiger partial charge on any atom is -0.484 e. The molecule has 1 aliphatic carbocycles. The van der Waals surface area contributed by atoms with Crippen LogP contribution >= 0.6 is 0 Å². The highest BCUT2D eigenvalue weighted by Gasteiger charge is 2.17. The third kappa shape index (κ3) is 4.48. The van der Waals surface area contributed by atoms with Crippen LogP contribution in [0.1, 0.15) is 35.6 Å². The Kier molecular flexibility index (Phi) is 4.80. The van der Waals surface area contributed by atoms with Gasteiger partial charge < -0.3 is 13.7 Å². The first-order valence-electron chi connectivity index (χ1n) is 9.00. The van der Waals surface area contributed by atoms with Gasteiger partial charge in [-0.05, 0) is 43.5 Å². The number of benzene rings is 1. The summed E-state index contributed by atoms with van der Waals surface area (Å²) in [5, 5.41) is 0. The molecule has 1 aliphatic rings. The summed E-state index contributed by atoms with van der Waals surface area (Å²) in [7, 11) is 0. The van der Waals surface area contributed by atoms with E-state index in [9.17, 15) is 4.79 Å². The van der Waals surface area contributed by atoms with Gasteiger partial charge in [0.1, 0.15) is 12.0 Å². The van der Waals surface area contributed by atoms with Gasteiger partial charge in [0.2, 0.25) is 5.89 Å². The lowest BCUT2D eigenvalue weighted by molar-refractivity contribution is 0.262. The molecule has 1 aromatic carbocycles. The number of pyridine rings is 1. The van der Waals surface area contributed by atoms with E-state index >= 15 is 0 Å². The number of rotatable bonds is 5. The van der Waals surface area contributed by atoms with Crippen molar-refractivity contribution in [3.05, 3.63) is 81.9 Å². The Morgan fingerprint density at radius 3 is 2.74 bits per heavy atom. The van der Waals surface area contributed by atoms with E-state index in [-0.39, 0.29) is 12.2 Å². The zero-order valence-electron chi connectivity index (χ0n) is 15.1. The number of aryl methyl sites for hydroxylation is 1. The van der Waals surface area contributed by atoms with Crippen molar-refractivity contribution in [3.8, 4) is 17.6 Å². The number of ether oxygens (including phenoxy) is 1. The fourth-order valence-corrected chi connectivity index (χ4v) is 2.74. The van der Waals surface area contributed by atoms with Crippen molar-refractivity contribution in [3.63, 3.8) is 0 Å². The van der Waals surface area contributed by atoms with E-state index in [1.807, 2.05) is 37.3 Å². The average Bonchev–Trinajstić information content (AvgIpc) is 3.35. The molecular formula is C22H20N2O3. The van der Waals surface area contributed by atoms with Crippen molar-refractivity contribution in [1.82, 2.24) is 9.55 Å². The number of aromatic nitrogens is 2. The molecule has 0 unspecified atom stereocenters. The predicted octanol–water partition coefficient (Wildman–Crippen LogP) is 3.53. The maximum Gasteiger partial charge on any atom is 0.254 e. The van der Waals surface area contributed by atoms with Crippen LogP contribution in [-0.4, -0.2) is 9.55 Å². The fourth-order valence-electron chi connectivity index (χ4n) is 2.74. The van der Waals surface area contributed by atoms with Crippen LogP contribution in [0, 0.1) is 24.7 Å². The summed E-state index contributed by atoms with van der Waals surface area (Å²) >= 11 is 0. The average molecular weight is 360 g/mol. The second-order valence-electron chi connectivity index (χ2n) is 6.71. The van der Waals surface area contributed by atoms with Gasteiger partial charge in [-0.2, -0.15) is 0 Å². The Bertz CT molecular complexity index is 1030. The first-order valence-corrected chi connectivity index (χ1v) is 9.00. The molecule has 0 saturated heterocycles. The fraction of sp³-hybridized carbons (Fsp3) is 0.273. The monoisotopic (exact) mass is 360 g/mol. The predicted molar refractivity (Wildman–Crippen MR) is 101 cm³/mol. The molecule has 0 bridgehead atoms. The minimum absolute atomic E-state index is 0.102. The van der Waals surface area contributed by atoms with E-state index < -0.39 is 0 Å². The van der Waals surface area contributed by atoms with Gasteiger partial charge in [-0.1, -0.05) is 24.0 Å². The number of hydrogen-bond donors (Lipinski definition) is 0. The van der Waals surface area contributed by atoms with Crippen LogP contribution in [-0.2, 0) is 13.2 Å². The summed E-state index contributed by atoms with van der Waals surface area (Å²) in [4.78, 5) is 16.5. The largest absolute Gasteiger partial charge is 0.484 e. The number of hydrogen-bond acceptors (Lipinski definition) is 4. The molecule has 0 atom stereocenters. The maximum absolute atomic E-state index is 12.5. The van der Waals surface area contributed by atoms with Gasteiger partial charge in [0.15, 0.2) is 6.61 Å². The SMILES string of the molecule is Cc1cc(OCc2ncco2)cc(=O)n1Cc1ccc(C#CC2CC2)cc1. The third-order valence-corrected chi connectivity index (χ3v) is 4.45. The lowest BCUT2D eigenvalue weighted by Gasteiger charge is -2.12. The van der Waals surface area contributed by atoms with Gasteiger partial charge in [-0.3, -0.25) is 4.79 Å². The van der Waals surface area contributed by atoms with Crippen molar-refractivity contribution < 1.29 is 9.15 Å². The van der Waals surface area contributed by atoms with Crippen molar-refractivity contribution >= 4 is 0 Å². The molecule has 5 nitrogen and oxygen atoms in total. The number of oxazole rings is 1. The zero-order valence-corrected chi connectivity index (χ0v) is 15.1. The summed E-state index contributed by atoms with van der Waals surface area (Å²) in [5.41, 5.74) is 2.81. The van der Waals surface area contributed by atoms with Crippen LogP contribution in [0.25, 0.3) is 0 Å². The normalized spacial score (nSPS) is 13.1. The van der Waals surface area contributed by atoms with Crippen molar-refractivity contribution in [2.75, 3.05) is 0 Å². The molecular weight excluding hydrogens is 340 g/mol. The molecule has 5 heteroatoms. The second kappa shape index (κ2) is 7.55. The summed E-state index contributed by atoms with van der Waals surface area (Å²) < 4.78 is 12.5. The molecule has 0 N–H and O–H groups in total. The topological polar surface area (TPSA) is 57.3 Å². The molecule has 0 aliphatic heterocycles. The van der Waals surface area contributed by atoms with Gasteiger partial charge in [0.25, 0.3) is 5.56 Å². The Balaban J connectivity index is 1.45. The first-order chi connectivity index (χ1) is 13.2. The molecule has 4 rings (SSSR count). The van der Waals surface area contributed by atoms with Crippen molar-refractivity contribution in [2.24, 2.45) is 5.92 Å². The highest BCUT2D eigenvalue weighted by atomic mass is 16.5. The van der Waals surface area contributed by atoms with Crippen LogP contribution in [0.15, 0.2) is 58.1 Å². The van der Waals surface area contributed by atoms with E-state index in [0.29, 0.717) is 24.1 Å². The standard InChI is InChI=1S/C22H20N2O3/c1-16-12-20(27-15-21-23-10-11-26-21)13-22(25)24(16)14-19-8-6-18(7-9-19)5-4-17-2-3-17/h6-13,17H,2-3,14-15H2,1H3. The van der Waals surface area contributed by atoms with E-state index in [2.05, 4.69) is 16.8 Å². The van der Waals surface area contributed by atoms with Crippen molar-refractivity contribution in [1.29, 1.82) is 0 Å². The van der Waals surface area contributed by atoms with Crippen LogP contribution in [0.2, 0.25) is 0 Å². The van der Waals surface area contributed by atoms with E-state index in [1.165, 1.54) is 25.2 Å². The molecule has 0 amide bonds. The summed E-state index contributed by atoms with van der Waals surface area (Å²) in [6.07, 6.45) is 5.51. The Morgan fingerprint density at radius 2 is 2.07 bits per heavy atom. The van der Waals surface area contributed by atoms with Crippen LogP contribution in [0.3, 0.4) is 0 Å². The molecule has 0 spiro atoms. The molecule has 2 heterocycles. The minimum atomic E-state index is -0.102. The molecule has 3 aromatic rings. The van der Waals surface area contributed by atoms with Gasteiger partial charge in [0.05, 0.1) is 12.7 Å². The van der Waals surface area contributed by atoms with Crippen LogP contribution < -0.4 is 10.3 Å². The molecule has 1 saturated carbocycles. The highest BCUT2D eigenvalue weighted by Crippen LogP contribution is 2.27. The molecule has 136 valence electrons. The van der Waals surface area contributed by atoms with Crippen LogP contribution in [0.4, 0.5) is 0 Å². The summed E-state index contributed by atoms with van der Waals surface area (Å²) in [6.45, 7) is 2.61. The molecule has 27 heavy (non-hydrogen) atoms. The molecule has 2 aromatic heterocycles. The second-order valence-corrected chi connectivity index (χ2v) is 6.71. The Labute approximate surface area is 157 Å². The maximum atomic E-state index is 12.5. The first kappa shape index (κ1) is 17.2. The van der Waals surface area contributed by atoms with E-state index in [0.717, 1.165) is 16.8 Å². The van der Waals surface area contributed by atoms with Gasteiger partial charge in [-0.25, -0.2) is 4.98 Å². The van der Waals surface area contributed by atoms with E-state index in [1.54, 1.807) is 10.8 Å². The lowest BCUT2D eigenvalue weighted by Crippen LogP contribution is -2.22. The smallest absolute Gasteiger partial charge is 0.254 e. The number of nitrogens with zero attached hydrogens (tertiary/aromatic N) is 2. The quantitative estimate of drug-likeness (QED) is 0.653. The van der Waals surface area contributed by atoms with E-state index in [4.69, 9.17) is 9.15 Å². The Hall–Kier alpha value is -3.26.